The van der Waals surface area contributed by atoms with E-state index in [1.54, 1.807) is 0 Å². The van der Waals surface area contributed by atoms with Gasteiger partial charge in [0.15, 0.2) is 0 Å². The predicted octanol–water partition coefficient (Wildman–Crippen LogP) is 13.4. The Labute approximate surface area is 275 Å². The van der Waals surface area contributed by atoms with Gasteiger partial charge in [-0.25, -0.2) is 0 Å². The van der Waals surface area contributed by atoms with Crippen molar-refractivity contribution in [2.45, 2.75) is 19.3 Å². The van der Waals surface area contributed by atoms with Gasteiger partial charge in [-0.2, -0.15) is 0 Å². The summed E-state index contributed by atoms with van der Waals surface area (Å²) in [6.45, 7) is 4.70. The molecule has 0 radical (unpaired) electrons. The summed E-state index contributed by atoms with van der Waals surface area (Å²) in [5.74, 6) is 0. The molecule has 0 atom stereocenters. The van der Waals surface area contributed by atoms with Crippen molar-refractivity contribution in [3.8, 4) is 11.1 Å². The van der Waals surface area contributed by atoms with Gasteiger partial charge in [-0.15, -0.1) is 22.7 Å². The van der Waals surface area contributed by atoms with E-state index < -0.39 is 0 Å². The third-order valence-electron chi connectivity index (χ3n) is 10.0. The van der Waals surface area contributed by atoms with Crippen LogP contribution >= 0.6 is 22.7 Å². The molecular formula is C43H29NS2. The van der Waals surface area contributed by atoms with Gasteiger partial charge in [0.25, 0.3) is 0 Å². The highest BCUT2D eigenvalue weighted by Gasteiger charge is 2.35. The first kappa shape index (κ1) is 26.3. The predicted molar refractivity (Wildman–Crippen MR) is 202 cm³/mol. The molecule has 0 amide bonds. The average molecular weight is 624 g/mol. The van der Waals surface area contributed by atoms with Crippen molar-refractivity contribution in [3.63, 3.8) is 0 Å². The lowest BCUT2D eigenvalue weighted by Crippen LogP contribution is -2.15. The van der Waals surface area contributed by atoms with Gasteiger partial charge in [-0.3, -0.25) is 0 Å². The molecule has 9 aromatic rings. The maximum Gasteiger partial charge on any atom is 0.0468 e. The minimum atomic E-state index is -0.0254. The Balaban J connectivity index is 1.21. The monoisotopic (exact) mass is 623 g/mol. The van der Waals surface area contributed by atoms with E-state index in [4.69, 9.17) is 0 Å². The first-order chi connectivity index (χ1) is 22.5. The van der Waals surface area contributed by atoms with Gasteiger partial charge in [-0.1, -0.05) is 86.6 Å². The lowest BCUT2D eigenvalue weighted by molar-refractivity contribution is 0.660. The van der Waals surface area contributed by atoms with E-state index in [0.29, 0.717) is 0 Å². The van der Waals surface area contributed by atoms with Crippen molar-refractivity contribution in [1.29, 1.82) is 0 Å². The second-order valence-corrected chi connectivity index (χ2v) is 15.2. The number of hydrogen-bond donors (Lipinski definition) is 0. The second kappa shape index (κ2) is 9.53. The van der Waals surface area contributed by atoms with Crippen LogP contribution in [0.4, 0.5) is 17.1 Å². The summed E-state index contributed by atoms with van der Waals surface area (Å²) >= 11 is 3.75. The number of nitrogens with zero attached hydrogens (tertiary/aromatic N) is 1. The van der Waals surface area contributed by atoms with E-state index in [9.17, 15) is 0 Å². The zero-order valence-electron chi connectivity index (χ0n) is 25.5. The Morgan fingerprint density at radius 1 is 0.413 bits per heavy atom. The highest BCUT2D eigenvalue weighted by molar-refractivity contribution is 7.26. The third kappa shape index (κ3) is 3.73. The highest BCUT2D eigenvalue weighted by Crippen LogP contribution is 2.51. The van der Waals surface area contributed by atoms with E-state index in [1.807, 2.05) is 22.7 Å². The van der Waals surface area contributed by atoms with Gasteiger partial charge in [0.05, 0.1) is 0 Å². The average Bonchev–Trinajstić information content (AvgIpc) is 3.71. The number of thiophene rings is 2. The molecule has 0 unspecified atom stereocenters. The van der Waals surface area contributed by atoms with Crippen LogP contribution in [-0.2, 0) is 5.41 Å². The maximum atomic E-state index is 2.45. The Kier molecular flexibility index (Phi) is 5.44. The first-order valence-electron chi connectivity index (χ1n) is 15.8. The SMILES string of the molecule is CC1(C)c2ccccc2-c2cc(N(c3ccc4cc5c(cc4c3)sc3ccccc35)c3ccc4sc5ccccc5c4c3)ccc21. The fourth-order valence-corrected chi connectivity index (χ4v) is 9.97. The van der Waals surface area contributed by atoms with E-state index >= 15 is 0 Å². The van der Waals surface area contributed by atoms with Crippen LogP contribution in [0.25, 0.3) is 62.2 Å². The van der Waals surface area contributed by atoms with Crippen LogP contribution < -0.4 is 4.90 Å². The van der Waals surface area contributed by atoms with Gasteiger partial charge in [0.1, 0.15) is 0 Å². The topological polar surface area (TPSA) is 3.24 Å². The van der Waals surface area contributed by atoms with Crippen molar-refractivity contribution in [1.82, 2.24) is 0 Å². The molecule has 0 saturated heterocycles. The number of benzene rings is 7. The summed E-state index contributed by atoms with van der Waals surface area (Å²) in [4.78, 5) is 2.45. The van der Waals surface area contributed by atoms with E-state index in [-0.39, 0.29) is 5.41 Å². The minimum absolute atomic E-state index is 0.0254. The smallest absolute Gasteiger partial charge is 0.0468 e. The Bertz CT molecular complexity index is 2690. The molecule has 10 rings (SSSR count). The third-order valence-corrected chi connectivity index (χ3v) is 12.3. The molecule has 0 N–H and O–H groups in total. The van der Waals surface area contributed by atoms with Gasteiger partial charge >= 0.3 is 0 Å². The maximum absolute atomic E-state index is 2.45. The molecule has 3 heteroatoms. The van der Waals surface area contributed by atoms with Gasteiger partial charge in [0.2, 0.25) is 0 Å². The molecule has 0 spiro atoms. The zero-order valence-corrected chi connectivity index (χ0v) is 27.2. The molecular weight excluding hydrogens is 595 g/mol. The first-order valence-corrected chi connectivity index (χ1v) is 17.5. The Morgan fingerprint density at radius 2 is 1.00 bits per heavy atom. The van der Waals surface area contributed by atoms with Crippen molar-refractivity contribution in [2.24, 2.45) is 0 Å². The number of rotatable bonds is 3. The van der Waals surface area contributed by atoms with Crippen molar-refractivity contribution in [2.75, 3.05) is 4.90 Å². The number of anilines is 3. The normalized spacial score (nSPS) is 13.6. The molecule has 1 nitrogen and oxygen atoms in total. The van der Waals surface area contributed by atoms with Crippen LogP contribution in [0.15, 0.2) is 140 Å². The zero-order chi connectivity index (χ0) is 30.6. The van der Waals surface area contributed by atoms with Crippen LogP contribution in [0, 0.1) is 0 Å². The summed E-state index contributed by atoms with van der Waals surface area (Å²) in [6, 6.07) is 52.2. The molecule has 7 aromatic carbocycles. The summed E-state index contributed by atoms with van der Waals surface area (Å²) < 4.78 is 5.32. The molecule has 0 aliphatic heterocycles. The van der Waals surface area contributed by atoms with Crippen LogP contribution in [0.3, 0.4) is 0 Å². The van der Waals surface area contributed by atoms with Crippen molar-refractivity contribution in [3.05, 3.63) is 151 Å². The van der Waals surface area contributed by atoms with Gasteiger partial charge in [0, 0.05) is 62.8 Å². The number of hydrogen-bond acceptors (Lipinski definition) is 3. The quantitative estimate of drug-likeness (QED) is 0.189. The van der Waals surface area contributed by atoms with E-state index in [1.165, 1.54) is 84.7 Å². The van der Waals surface area contributed by atoms with Crippen LogP contribution in [-0.4, -0.2) is 0 Å². The molecule has 1 aliphatic rings. The van der Waals surface area contributed by atoms with Crippen molar-refractivity contribution >= 4 is 90.9 Å². The number of fused-ring (bicyclic) bond motifs is 10. The molecule has 1 aliphatic carbocycles. The second-order valence-electron chi connectivity index (χ2n) is 13.0. The van der Waals surface area contributed by atoms with Crippen LogP contribution in [0.2, 0.25) is 0 Å². The van der Waals surface area contributed by atoms with Crippen LogP contribution in [0.5, 0.6) is 0 Å². The fraction of sp³-hybridized carbons (Fsp3) is 0.0698. The fourth-order valence-electron chi connectivity index (χ4n) is 7.74. The molecule has 2 heterocycles. The minimum Gasteiger partial charge on any atom is -0.310 e. The molecule has 0 bridgehead atoms. The van der Waals surface area contributed by atoms with Gasteiger partial charge < -0.3 is 4.90 Å². The molecule has 218 valence electrons. The Morgan fingerprint density at radius 3 is 1.83 bits per heavy atom. The standard InChI is InChI=1S/C43H29NS2/c1-43(2)37-12-6-3-9-31(37)34-24-29(17-19-38(34)43)44(30-18-20-41-36(25-30)33-11-5-7-13-39(33)45-41)28-16-15-26-22-35-32-10-4-8-14-40(32)46-42(35)23-27(26)21-28/h3-25H,1-2H3. The van der Waals surface area contributed by atoms with Crippen molar-refractivity contribution < 1.29 is 0 Å². The lowest BCUT2D eigenvalue weighted by Gasteiger charge is -2.27. The molecule has 2 aromatic heterocycles. The summed E-state index contributed by atoms with van der Waals surface area (Å²) in [5, 5.41) is 7.84. The summed E-state index contributed by atoms with van der Waals surface area (Å²) in [5.41, 5.74) is 8.95. The van der Waals surface area contributed by atoms with Gasteiger partial charge in [-0.05, 0) is 99.8 Å². The lowest BCUT2D eigenvalue weighted by atomic mass is 9.82. The summed E-state index contributed by atoms with van der Waals surface area (Å²) in [7, 11) is 0. The van der Waals surface area contributed by atoms with E-state index in [0.717, 1.165) is 5.69 Å². The van der Waals surface area contributed by atoms with Crippen LogP contribution in [0.1, 0.15) is 25.0 Å². The molecule has 0 fully saturated rings. The largest absolute Gasteiger partial charge is 0.310 e. The summed E-state index contributed by atoms with van der Waals surface area (Å²) in [6.07, 6.45) is 0. The molecule has 46 heavy (non-hydrogen) atoms. The highest BCUT2D eigenvalue weighted by atomic mass is 32.1. The Hall–Kier alpha value is -4.96. The van der Waals surface area contributed by atoms with E-state index in [2.05, 4.69) is 158 Å². The molecule has 0 saturated carbocycles.